The number of nitrogens with zero attached hydrogens (tertiary/aromatic N) is 2. The molecule has 0 aliphatic rings. The average Bonchev–Trinajstić information content (AvgIpc) is 2.56. The Morgan fingerprint density at radius 1 is 0.957 bits per heavy atom. The number of hydrogen-bond donors (Lipinski definition) is 0. The summed E-state index contributed by atoms with van der Waals surface area (Å²) < 4.78 is 27.3. The molecule has 0 N–H and O–H groups in total. The van der Waals surface area contributed by atoms with E-state index in [9.17, 15) is 13.6 Å². The van der Waals surface area contributed by atoms with Crippen LogP contribution in [-0.2, 0) is 5.75 Å². The maximum atomic E-state index is 13.0. The van der Waals surface area contributed by atoms with Crippen LogP contribution >= 0.6 is 11.8 Å². The molecule has 1 aromatic heterocycles. The molecule has 0 bridgehead atoms. The van der Waals surface area contributed by atoms with E-state index in [0.29, 0.717) is 16.5 Å². The topological polar surface area (TPSA) is 34.9 Å². The molecule has 0 aliphatic carbocycles. The first-order valence-corrected chi connectivity index (χ1v) is 7.83. The quantitative estimate of drug-likeness (QED) is 0.683. The Hall–Kier alpha value is -2.47. The van der Waals surface area contributed by atoms with Crippen molar-refractivity contribution in [1.29, 1.82) is 0 Å². The first-order valence-electron chi connectivity index (χ1n) is 6.84. The summed E-state index contributed by atoms with van der Waals surface area (Å²) in [6, 6.07) is 11.8. The molecule has 0 aliphatic heterocycles. The molecule has 2 aromatic carbocycles. The summed E-state index contributed by atoms with van der Waals surface area (Å²) in [5.41, 5.74) is 1.20. The largest absolute Gasteiger partial charge is 0.287 e. The van der Waals surface area contributed by atoms with Crippen LogP contribution in [0.25, 0.3) is 5.69 Å². The number of rotatable bonds is 4. The van der Waals surface area contributed by atoms with Crippen molar-refractivity contribution < 1.29 is 8.78 Å². The lowest BCUT2D eigenvalue weighted by molar-refractivity contribution is 0.627. The van der Waals surface area contributed by atoms with Crippen molar-refractivity contribution in [2.45, 2.75) is 10.8 Å². The summed E-state index contributed by atoms with van der Waals surface area (Å²) in [7, 11) is 0. The van der Waals surface area contributed by atoms with Gasteiger partial charge in [0.25, 0.3) is 5.56 Å². The average molecular weight is 330 g/mol. The van der Waals surface area contributed by atoms with Crippen molar-refractivity contribution in [3.05, 3.63) is 88.5 Å². The molecule has 0 amide bonds. The lowest BCUT2D eigenvalue weighted by Crippen LogP contribution is -2.20. The Bertz CT molecular complexity index is 861. The molecule has 23 heavy (non-hydrogen) atoms. The fourth-order valence-electron chi connectivity index (χ4n) is 2.03. The molecule has 0 saturated carbocycles. The first kappa shape index (κ1) is 15.4. The summed E-state index contributed by atoms with van der Waals surface area (Å²) >= 11 is 1.28. The summed E-state index contributed by atoms with van der Waals surface area (Å²) in [5.74, 6) is -0.146. The third kappa shape index (κ3) is 3.65. The zero-order valence-corrected chi connectivity index (χ0v) is 12.8. The van der Waals surface area contributed by atoms with Crippen molar-refractivity contribution in [2.75, 3.05) is 0 Å². The van der Waals surface area contributed by atoms with Crippen LogP contribution in [0.2, 0.25) is 0 Å². The van der Waals surface area contributed by atoms with Crippen molar-refractivity contribution in [3.63, 3.8) is 0 Å². The van der Waals surface area contributed by atoms with Gasteiger partial charge in [0.1, 0.15) is 11.6 Å². The Kier molecular flexibility index (Phi) is 4.52. The molecule has 3 aromatic rings. The minimum atomic E-state index is -0.359. The maximum absolute atomic E-state index is 13.0. The first-order chi connectivity index (χ1) is 11.1. The van der Waals surface area contributed by atoms with Crippen molar-refractivity contribution in [2.24, 2.45) is 0 Å². The van der Waals surface area contributed by atoms with Gasteiger partial charge in [-0.05, 0) is 42.0 Å². The van der Waals surface area contributed by atoms with E-state index in [2.05, 4.69) is 4.98 Å². The van der Waals surface area contributed by atoms with Gasteiger partial charge in [-0.2, -0.15) is 0 Å². The zero-order chi connectivity index (χ0) is 16.2. The van der Waals surface area contributed by atoms with E-state index in [1.165, 1.54) is 65.1 Å². The number of benzene rings is 2. The third-order valence-corrected chi connectivity index (χ3v) is 4.23. The molecule has 116 valence electrons. The zero-order valence-electron chi connectivity index (χ0n) is 11.9. The van der Waals surface area contributed by atoms with Gasteiger partial charge in [-0.25, -0.2) is 13.8 Å². The van der Waals surface area contributed by atoms with E-state index in [4.69, 9.17) is 0 Å². The van der Waals surface area contributed by atoms with Gasteiger partial charge in [0.15, 0.2) is 5.03 Å². The van der Waals surface area contributed by atoms with Crippen LogP contribution < -0.4 is 5.56 Å². The molecule has 3 nitrogen and oxygen atoms in total. The van der Waals surface area contributed by atoms with Crippen molar-refractivity contribution >= 4 is 11.8 Å². The van der Waals surface area contributed by atoms with Crippen molar-refractivity contribution in [3.8, 4) is 5.69 Å². The second kappa shape index (κ2) is 6.75. The van der Waals surface area contributed by atoms with Gasteiger partial charge in [-0.3, -0.25) is 9.36 Å². The van der Waals surface area contributed by atoms with Gasteiger partial charge in [-0.1, -0.05) is 23.9 Å². The smallest absolute Gasteiger partial charge is 0.280 e. The molecule has 1 heterocycles. The predicted molar refractivity (Wildman–Crippen MR) is 85.8 cm³/mol. The molecule has 0 saturated heterocycles. The molecule has 3 rings (SSSR count). The van der Waals surface area contributed by atoms with Gasteiger partial charge < -0.3 is 0 Å². The van der Waals surface area contributed by atoms with Crippen LogP contribution in [-0.4, -0.2) is 9.55 Å². The van der Waals surface area contributed by atoms with E-state index in [1.54, 1.807) is 12.1 Å². The van der Waals surface area contributed by atoms with Gasteiger partial charge in [0, 0.05) is 23.8 Å². The normalized spacial score (nSPS) is 10.7. The Morgan fingerprint density at radius 3 is 2.22 bits per heavy atom. The maximum Gasteiger partial charge on any atom is 0.287 e. The Morgan fingerprint density at radius 2 is 1.57 bits per heavy atom. The minimum absolute atomic E-state index is 0.272. The van der Waals surface area contributed by atoms with Crippen LogP contribution in [0.5, 0.6) is 0 Å². The molecular weight excluding hydrogens is 318 g/mol. The third-order valence-electron chi connectivity index (χ3n) is 3.20. The minimum Gasteiger partial charge on any atom is -0.280 e. The van der Waals surface area contributed by atoms with Crippen LogP contribution in [0.4, 0.5) is 8.78 Å². The molecule has 0 unspecified atom stereocenters. The van der Waals surface area contributed by atoms with Gasteiger partial charge in [0.2, 0.25) is 0 Å². The highest BCUT2D eigenvalue weighted by Crippen LogP contribution is 2.18. The standard InChI is InChI=1S/C17H12F2N2OS/c18-13-3-1-12(2-4-13)11-23-16-17(22)21(10-9-20-16)15-7-5-14(19)6-8-15/h1-10H,11H2. The molecule has 0 radical (unpaired) electrons. The van der Waals surface area contributed by atoms with E-state index in [-0.39, 0.29) is 17.2 Å². The van der Waals surface area contributed by atoms with Crippen LogP contribution in [0.1, 0.15) is 5.56 Å². The molecule has 0 spiro atoms. The van der Waals surface area contributed by atoms with E-state index in [1.807, 2.05) is 0 Å². The molecule has 0 atom stereocenters. The van der Waals surface area contributed by atoms with Crippen LogP contribution in [0.15, 0.2) is 70.7 Å². The number of hydrogen-bond acceptors (Lipinski definition) is 3. The molecule has 6 heteroatoms. The fraction of sp³-hybridized carbons (Fsp3) is 0.0588. The van der Waals surface area contributed by atoms with E-state index in [0.717, 1.165) is 5.56 Å². The highest BCUT2D eigenvalue weighted by atomic mass is 32.2. The summed E-state index contributed by atoms with van der Waals surface area (Å²) in [5, 5.41) is 0.334. The number of aromatic nitrogens is 2. The van der Waals surface area contributed by atoms with E-state index < -0.39 is 0 Å². The van der Waals surface area contributed by atoms with Gasteiger partial charge in [0.05, 0.1) is 0 Å². The molecular formula is C17H12F2N2OS. The van der Waals surface area contributed by atoms with Crippen molar-refractivity contribution in [1.82, 2.24) is 9.55 Å². The van der Waals surface area contributed by atoms with E-state index >= 15 is 0 Å². The SMILES string of the molecule is O=c1c(SCc2ccc(F)cc2)nccn1-c1ccc(F)cc1. The second-order valence-corrected chi connectivity index (χ2v) is 5.76. The summed E-state index contributed by atoms with van der Waals surface area (Å²) in [4.78, 5) is 16.6. The fourth-order valence-corrected chi connectivity index (χ4v) is 2.88. The highest BCUT2D eigenvalue weighted by molar-refractivity contribution is 7.98. The number of halogens is 2. The Labute approximate surface area is 135 Å². The second-order valence-electron chi connectivity index (χ2n) is 4.80. The lowest BCUT2D eigenvalue weighted by Gasteiger charge is -2.07. The highest BCUT2D eigenvalue weighted by Gasteiger charge is 2.08. The van der Waals surface area contributed by atoms with Gasteiger partial charge >= 0.3 is 0 Å². The van der Waals surface area contributed by atoms with Crippen LogP contribution in [0, 0.1) is 11.6 Å². The Balaban J connectivity index is 1.83. The summed E-state index contributed by atoms with van der Waals surface area (Å²) in [6.07, 6.45) is 3.06. The monoisotopic (exact) mass is 330 g/mol. The predicted octanol–water partition coefficient (Wildman–Crippen LogP) is 3.80. The molecule has 0 fully saturated rings. The summed E-state index contributed by atoms with van der Waals surface area (Å²) in [6.45, 7) is 0. The van der Waals surface area contributed by atoms with Crippen LogP contribution in [0.3, 0.4) is 0 Å². The van der Waals surface area contributed by atoms with Gasteiger partial charge in [-0.15, -0.1) is 0 Å². The lowest BCUT2D eigenvalue weighted by atomic mass is 10.2. The number of thioether (sulfide) groups is 1.